The van der Waals surface area contributed by atoms with Gasteiger partial charge in [-0.15, -0.1) is 10.2 Å². The van der Waals surface area contributed by atoms with E-state index in [1.54, 1.807) is 12.1 Å². The molecule has 2 heterocycles. The summed E-state index contributed by atoms with van der Waals surface area (Å²) in [6.45, 7) is 2.78. The van der Waals surface area contributed by atoms with Crippen molar-refractivity contribution in [2.75, 3.05) is 25.2 Å². The number of hydrogen-bond acceptors (Lipinski definition) is 6. The fraction of sp³-hybridized carbons (Fsp3) is 0.333. The van der Waals surface area contributed by atoms with Crippen LogP contribution < -0.4 is 5.32 Å². The van der Waals surface area contributed by atoms with Crippen molar-refractivity contribution in [3.8, 4) is 0 Å². The molecule has 1 unspecified atom stereocenters. The molecule has 1 amide bonds. The minimum Gasteiger partial charge on any atom is -0.326 e. The van der Waals surface area contributed by atoms with Gasteiger partial charge in [0, 0.05) is 11.3 Å². The highest BCUT2D eigenvalue weighted by Crippen LogP contribution is 2.28. The molecule has 0 bridgehead atoms. The number of thioether (sulfide) groups is 1. The van der Waals surface area contributed by atoms with E-state index in [-0.39, 0.29) is 23.5 Å². The summed E-state index contributed by atoms with van der Waals surface area (Å²) in [6.07, 6.45) is 1.23. The van der Waals surface area contributed by atoms with Crippen LogP contribution in [0.4, 0.5) is 5.69 Å². The smallest absolute Gasteiger partial charge is 0.228 e. The number of carbonyl (C=O) groups excluding carboxylic acids is 2. The summed E-state index contributed by atoms with van der Waals surface area (Å²) in [5.74, 6) is 1.13. The number of fused-ring (bicyclic) bond motifs is 1. The second-order valence-corrected chi connectivity index (χ2v) is 9.05. The highest BCUT2D eigenvalue weighted by atomic mass is 32.2. The van der Waals surface area contributed by atoms with Gasteiger partial charge in [-0.25, -0.2) is 0 Å². The maximum Gasteiger partial charge on any atom is 0.228 e. The third-order valence-electron chi connectivity index (χ3n) is 5.62. The first kappa shape index (κ1) is 22.2. The second kappa shape index (κ2) is 9.67. The van der Waals surface area contributed by atoms with E-state index in [4.69, 9.17) is 0 Å². The molecule has 3 aromatic rings. The molecule has 0 fully saturated rings. The zero-order chi connectivity index (χ0) is 22.7. The van der Waals surface area contributed by atoms with Crippen molar-refractivity contribution in [2.24, 2.45) is 0 Å². The van der Waals surface area contributed by atoms with Crippen LogP contribution >= 0.6 is 11.8 Å². The van der Waals surface area contributed by atoms with Crippen molar-refractivity contribution in [1.29, 1.82) is 0 Å². The lowest BCUT2D eigenvalue weighted by molar-refractivity contribution is -0.115. The average molecular weight is 450 g/mol. The first-order valence-corrected chi connectivity index (χ1v) is 11.7. The number of aromatic nitrogens is 3. The molecule has 1 aromatic heterocycles. The third-order valence-corrected chi connectivity index (χ3v) is 6.59. The lowest BCUT2D eigenvalue weighted by atomic mass is 10.1. The monoisotopic (exact) mass is 449 g/mol. The highest BCUT2D eigenvalue weighted by Gasteiger charge is 2.23. The molecule has 0 saturated carbocycles. The Morgan fingerprint density at radius 1 is 1.19 bits per heavy atom. The van der Waals surface area contributed by atoms with Crippen LogP contribution in [0.5, 0.6) is 0 Å². The van der Waals surface area contributed by atoms with Crippen LogP contribution in [-0.4, -0.2) is 51.2 Å². The molecule has 4 rings (SSSR count). The largest absolute Gasteiger partial charge is 0.326 e. The molecule has 0 aliphatic carbocycles. The Balaban J connectivity index is 1.55. The average Bonchev–Trinajstić information content (AvgIpc) is 3.35. The first-order valence-electron chi connectivity index (χ1n) is 10.7. The number of hydrogen-bond donors (Lipinski definition) is 1. The lowest BCUT2D eigenvalue weighted by Crippen LogP contribution is -2.23. The summed E-state index contributed by atoms with van der Waals surface area (Å²) in [5, 5.41) is 12.5. The van der Waals surface area contributed by atoms with E-state index < -0.39 is 0 Å². The van der Waals surface area contributed by atoms with Crippen LogP contribution in [0.2, 0.25) is 0 Å². The Hall–Kier alpha value is -2.97. The molecule has 1 aliphatic rings. The molecule has 1 aliphatic heterocycles. The summed E-state index contributed by atoms with van der Waals surface area (Å²) in [5.41, 5.74) is 3.44. The fourth-order valence-corrected chi connectivity index (χ4v) is 4.80. The van der Waals surface area contributed by atoms with Gasteiger partial charge in [-0.3, -0.25) is 14.5 Å². The molecule has 7 nitrogen and oxygen atoms in total. The number of anilines is 1. The minimum atomic E-state index is -0.0353. The molecule has 1 atom stereocenters. The van der Waals surface area contributed by atoms with Crippen LogP contribution in [0, 0.1) is 0 Å². The van der Waals surface area contributed by atoms with Crippen LogP contribution in [0.25, 0.3) is 0 Å². The highest BCUT2D eigenvalue weighted by molar-refractivity contribution is 7.99. The van der Waals surface area contributed by atoms with E-state index in [1.807, 2.05) is 38.4 Å². The summed E-state index contributed by atoms with van der Waals surface area (Å²) in [4.78, 5) is 26.6. The molecule has 32 heavy (non-hydrogen) atoms. The van der Waals surface area contributed by atoms with Crippen molar-refractivity contribution in [3.05, 3.63) is 71.0 Å². The summed E-state index contributed by atoms with van der Waals surface area (Å²) < 4.78 is 2.12. The van der Waals surface area contributed by atoms with Crippen LogP contribution in [0.15, 0.2) is 53.7 Å². The van der Waals surface area contributed by atoms with E-state index in [1.165, 1.54) is 11.8 Å². The van der Waals surface area contributed by atoms with Gasteiger partial charge in [-0.05, 0) is 49.8 Å². The SMILES string of the molecule is CCC(c1nnc(SCC(=O)c2ccc3c(c2)CC(=O)N3)n1Cc1ccccc1)N(C)C. The lowest BCUT2D eigenvalue weighted by Gasteiger charge is -2.23. The Morgan fingerprint density at radius 3 is 2.69 bits per heavy atom. The minimum absolute atomic E-state index is 0.00705. The zero-order valence-corrected chi connectivity index (χ0v) is 19.4. The Kier molecular flexibility index (Phi) is 6.72. The third kappa shape index (κ3) is 4.76. The molecular weight excluding hydrogens is 422 g/mol. The van der Waals surface area contributed by atoms with Crippen molar-refractivity contribution in [2.45, 2.75) is 37.5 Å². The molecule has 2 aromatic carbocycles. The van der Waals surface area contributed by atoms with Gasteiger partial charge in [-0.1, -0.05) is 49.0 Å². The van der Waals surface area contributed by atoms with E-state index in [9.17, 15) is 9.59 Å². The first-order chi connectivity index (χ1) is 15.5. The van der Waals surface area contributed by atoms with E-state index >= 15 is 0 Å². The van der Waals surface area contributed by atoms with Crippen LogP contribution in [0.3, 0.4) is 0 Å². The van der Waals surface area contributed by atoms with Gasteiger partial charge in [0.25, 0.3) is 0 Å². The van der Waals surface area contributed by atoms with Crippen molar-refractivity contribution >= 4 is 29.1 Å². The normalized spacial score (nSPS) is 13.8. The number of nitrogens with zero attached hydrogens (tertiary/aromatic N) is 4. The Morgan fingerprint density at radius 2 is 1.97 bits per heavy atom. The fourth-order valence-electron chi connectivity index (χ4n) is 3.96. The van der Waals surface area contributed by atoms with Gasteiger partial charge in [0.15, 0.2) is 16.8 Å². The number of amides is 1. The van der Waals surface area contributed by atoms with Crippen molar-refractivity contribution < 1.29 is 9.59 Å². The van der Waals surface area contributed by atoms with Crippen molar-refractivity contribution in [3.63, 3.8) is 0 Å². The summed E-state index contributed by atoms with van der Waals surface area (Å²) in [6, 6.07) is 15.7. The van der Waals surface area contributed by atoms with E-state index in [0.29, 0.717) is 18.5 Å². The number of ketones is 1. The van der Waals surface area contributed by atoms with Crippen LogP contribution in [0.1, 0.15) is 46.7 Å². The number of benzene rings is 2. The predicted molar refractivity (Wildman–Crippen MR) is 126 cm³/mol. The van der Waals surface area contributed by atoms with Gasteiger partial charge in [0.2, 0.25) is 5.91 Å². The molecule has 1 N–H and O–H groups in total. The van der Waals surface area contributed by atoms with Gasteiger partial charge >= 0.3 is 0 Å². The number of nitrogens with one attached hydrogen (secondary N) is 1. The second-order valence-electron chi connectivity index (χ2n) is 8.11. The molecule has 0 saturated heterocycles. The Bertz CT molecular complexity index is 1130. The molecule has 0 radical (unpaired) electrons. The molecule has 0 spiro atoms. The maximum atomic E-state index is 12.9. The van der Waals surface area contributed by atoms with E-state index in [0.717, 1.165) is 34.2 Å². The van der Waals surface area contributed by atoms with Crippen LogP contribution in [-0.2, 0) is 17.8 Å². The van der Waals surface area contributed by atoms with Crippen molar-refractivity contribution in [1.82, 2.24) is 19.7 Å². The topological polar surface area (TPSA) is 80.1 Å². The molecular formula is C24H27N5O2S. The number of Topliss-reactive ketones (excluding diaryl/α,β-unsaturated/α-hetero) is 1. The van der Waals surface area contributed by atoms with Gasteiger partial charge < -0.3 is 9.88 Å². The van der Waals surface area contributed by atoms with Gasteiger partial charge in [-0.2, -0.15) is 0 Å². The predicted octanol–water partition coefficient (Wildman–Crippen LogP) is 3.81. The van der Waals surface area contributed by atoms with Gasteiger partial charge in [0.05, 0.1) is 24.8 Å². The standard InChI is InChI=1S/C24H27N5O2S/c1-4-20(28(2)3)23-26-27-24(29(23)14-16-8-6-5-7-9-16)32-15-21(30)17-10-11-19-18(12-17)13-22(31)25-19/h5-12,20H,4,13-15H2,1-3H3,(H,25,31). The summed E-state index contributed by atoms with van der Waals surface area (Å²) >= 11 is 1.40. The number of rotatable bonds is 9. The zero-order valence-electron chi connectivity index (χ0n) is 18.5. The number of carbonyl (C=O) groups is 2. The quantitative estimate of drug-likeness (QED) is 0.395. The summed E-state index contributed by atoms with van der Waals surface area (Å²) in [7, 11) is 4.08. The molecule has 166 valence electrons. The maximum absolute atomic E-state index is 12.9. The Labute approximate surface area is 192 Å². The van der Waals surface area contributed by atoms with Gasteiger partial charge in [0.1, 0.15) is 0 Å². The van der Waals surface area contributed by atoms with E-state index in [2.05, 4.69) is 44.0 Å². The molecule has 8 heteroatoms.